The van der Waals surface area contributed by atoms with E-state index in [9.17, 15) is 4.79 Å². The van der Waals surface area contributed by atoms with Crippen molar-refractivity contribution in [2.75, 3.05) is 26.8 Å². The van der Waals surface area contributed by atoms with Gasteiger partial charge in [-0.15, -0.1) is 0 Å². The summed E-state index contributed by atoms with van der Waals surface area (Å²) < 4.78 is 17.3. The van der Waals surface area contributed by atoms with Crippen molar-refractivity contribution in [3.8, 4) is 11.5 Å². The van der Waals surface area contributed by atoms with Crippen molar-refractivity contribution in [2.24, 2.45) is 0 Å². The average molecular weight is 360 g/mol. The first-order chi connectivity index (χ1) is 12.7. The lowest BCUT2D eigenvalue weighted by molar-refractivity contribution is -0.0246. The predicted octanol–water partition coefficient (Wildman–Crippen LogP) is 2.96. The van der Waals surface area contributed by atoms with Gasteiger partial charge in [-0.1, -0.05) is 31.4 Å². The molecule has 1 spiro atoms. The number of likely N-dealkylation sites (tertiary alicyclic amines) is 1. The Morgan fingerprint density at radius 1 is 1.19 bits per heavy atom. The van der Waals surface area contributed by atoms with Gasteiger partial charge in [-0.2, -0.15) is 0 Å². The van der Waals surface area contributed by atoms with Crippen molar-refractivity contribution in [1.82, 2.24) is 10.2 Å². The van der Waals surface area contributed by atoms with Crippen LogP contribution in [0.5, 0.6) is 11.5 Å². The van der Waals surface area contributed by atoms with Crippen LogP contribution in [-0.2, 0) is 4.74 Å². The number of hydrogen-bond donors (Lipinski definition) is 1. The highest BCUT2D eigenvalue weighted by Crippen LogP contribution is 2.39. The second kappa shape index (κ2) is 7.35. The summed E-state index contributed by atoms with van der Waals surface area (Å²) in [6, 6.07) is 7.72. The van der Waals surface area contributed by atoms with Crippen LogP contribution in [0.15, 0.2) is 24.3 Å². The number of nitrogens with one attached hydrogen (secondary N) is 1. The van der Waals surface area contributed by atoms with Gasteiger partial charge >= 0.3 is 6.03 Å². The first kappa shape index (κ1) is 17.5. The Morgan fingerprint density at radius 2 is 1.92 bits per heavy atom. The minimum absolute atomic E-state index is 0.00802. The number of carbonyl (C=O) groups excluding carboxylic acids is 1. The van der Waals surface area contributed by atoms with Gasteiger partial charge in [0.15, 0.2) is 11.5 Å². The molecule has 1 aliphatic carbocycles. The summed E-state index contributed by atoms with van der Waals surface area (Å²) in [7, 11) is 1.63. The quantitative estimate of drug-likeness (QED) is 0.897. The molecule has 1 saturated carbocycles. The summed E-state index contributed by atoms with van der Waals surface area (Å²) in [6.45, 7) is 1.84. The summed E-state index contributed by atoms with van der Waals surface area (Å²) in [5, 5.41) is 3.14. The van der Waals surface area contributed by atoms with Crippen LogP contribution in [0.3, 0.4) is 0 Å². The molecule has 1 unspecified atom stereocenters. The van der Waals surface area contributed by atoms with Crippen LogP contribution < -0.4 is 14.8 Å². The van der Waals surface area contributed by atoms with Crippen LogP contribution >= 0.6 is 0 Å². The second-order valence-electron chi connectivity index (χ2n) is 7.70. The molecule has 1 aromatic carbocycles. The molecule has 142 valence electrons. The van der Waals surface area contributed by atoms with Gasteiger partial charge < -0.3 is 24.4 Å². The molecule has 0 radical (unpaired) electrons. The number of methoxy groups -OCH3 is 1. The molecule has 0 aromatic heterocycles. The Balaban J connectivity index is 1.23. The third kappa shape index (κ3) is 3.61. The van der Waals surface area contributed by atoms with Crippen molar-refractivity contribution >= 4 is 6.03 Å². The maximum absolute atomic E-state index is 12.5. The number of para-hydroxylation sites is 2. The molecule has 4 rings (SSSR count). The van der Waals surface area contributed by atoms with E-state index in [0.717, 1.165) is 30.8 Å². The lowest BCUT2D eigenvalue weighted by atomic mass is 9.82. The van der Waals surface area contributed by atoms with E-state index in [1.807, 2.05) is 24.3 Å². The Morgan fingerprint density at radius 3 is 2.65 bits per heavy atom. The first-order valence-electron chi connectivity index (χ1n) is 9.66. The van der Waals surface area contributed by atoms with Crippen LogP contribution in [0.2, 0.25) is 0 Å². The number of urea groups is 1. The zero-order valence-electron chi connectivity index (χ0n) is 15.4. The zero-order chi connectivity index (χ0) is 18.0. The molecule has 1 aromatic rings. The number of benzene rings is 1. The number of ether oxygens (including phenoxy) is 3. The van der Waals surface area contributed by atoms with E-state index in [1.54, 1.807) is 12.0 Å². The average Bonchev–Trinajstić information content (AvgIpc) is 3.00. The largest absolute Gasteiger partial charge is 0.493 e. The van der Waals surface area contributed by atoms with Gasteiger partial charge in [-0.05, 0) is 31.4 Å². The third-order valence-electron chi connectivity index (χ3n) is 5.80. The van der Waals surface area contributed by atoms with E-state index < -0.39 is 0 Å². The molecular weight excluding hydrogens is 332 g/mol. The minimum Gasteiger partial charge on any atom is -0.493 e. The van der Waals surface area contributed by atoms with Crippen molar-refractivity contribution in [1.29, 1.82) is 0 Å². The SMILES string of the molecule is COc1ccccc1OC1CN(C(=O)NC2COC3(CCCCC3)C2)C1. The lowest BCUT2D eigenvalue weighted by Gasteiger charge is -2.39. The van der Waals surface area contributed by atoms with Crippen molar-refractivity contribution in [3.63, 3.8) is 0 Å². The van der Waals surface area contributed by atoms with E-state index in [0.29, 0.717) is 19.7 Å². The van der Waals surface area contributed by atoms with Crippen LogP contribution in [-0.4, -0.2) is 55.5 Å². The van der Waals surface area contributed by atoms with E-state index in [4.69, 9.17) is 14.2 Å². The van der Waals surface area contributed by atoms with Gasteiger partial charge in [0.2, 0.25) is 0 Å². The van der Waals surface area contributed by atoms with E-state index in [2.05, 4.69) is 5.32 Å². The highest BCUT2D eigenvalue weighted by Gasteiger charge is 2.42. The molecular formula is C20H28N2O4. The Kier molecular flexibility index (Phi) is 4.94. The number of hydrogen-bond acceptors (Lipinski definition) is 4. The van der Waals surface area contributed by atoms with Crippen molar-refractivity contribution < 1.29 is 19.0 Å². The third-order valence-corrected chi connectivity index (χ3v) is 5.80. The van der Waals surface area contributed by atoms with Gasteiger partial charge in [0.25, 0.3) is 0 Å². The molecule has 6 nitrogen and oxygen atoms in total. The van der Waals surface area contributed by atoms with Gasteiger partial charge in [0, 0.05) is 0 Å². The summed E-state index contributed by atoms with van der Waals surface area (Å²) in [4.78, 5) is 14.3. The summed E-state index contributed by atoms with van der Waals surface area (Å²) in [5.74, 6) is 1.44. The van der Waals surface area contributed by atoms with Gasteiger partial charge in [-0.3, -0.25) is 0 Å². The van der Waals surface area contributed by atoms with Crippen molar-refractivity contribution in [2.45, 2.75) is 56.3 Å². The monoisotopic (exact) mass is 360 g/mol. The number of amides is 2. The smallest absolute Gasteiger partial charge is 0.317 e. The fourth-order valence-corrected chi connectivity index (χ4v) is 4.32. The van der Waals surface area contributed by atoms with E-state index in [-0.39, 0.29) is 23.8 Å². The molecule has 2 heterocycles. The normalized spacial score (nSPS) is 25.0. The van der Waals surface area contributed by atoms with Gasteiger partial charge in [0.1, 0.15) is 6.10 Å². The molecule has 2 amide bonds. The Labute approximate surface area is 154 Å². The highest BCUT2D eigenvalue weighted by atomic mass is 16.5. The molecule has 26 heavy (non-hydrogen) atoms. The molecule has 1 atom stereocenters. The van der Waals surface area contributed by atoms with Crippen LogP contribution in [0.1, 0.15) is 38.5 Å². The summed E-state index contributed by atoms with van der Waals surface area (Å²) in [5.41, 5.74) is 0.0284. The highest BCUT2D eigenvalue weighted by molar-refractivity contribution is 5.75. The van der Waals surface area contributed by atoms with E-state index in [1.165, 1.54) is 19.3 Å². The number of nitrogens with zero attached hydrogens (tertiary/aromatic N) is 1. The number of rotatable bonds is 4. The van der Waals surface area contributed by atoms with Crippen LogP contribution in [0.25, 0.3) is 0 Å². The standard InChI is InChI=1S/C20H28N2O4/c1-24-17-7-3-4-8-18(17)26-16-12-22(13-16)19(23)21-15-11-20(25-14-15)9-5-2-6-10-20/h3-4,7-8,15-16H,2,5-6,9-14H2,1H3,(H,21,23). The molecule has 3 fully saturated rings. The van der Waals surface area contributed by atoms with Gasteiger partial charge in [-0.25, -0.2) is 4.79 Å². The zero-order valence-corrected chi connectivity index (χ0v) is 15.4. The van der Waals surface area contributed by atoms with Crippen molar-refractivity contribution in [3.05, 3.63) is 24.3 Å². The summed E-state index contributed by atoms with van der Waals surface area (Å²) >= 11 is 0. The molecule has 2 aliphatic heterocycles. The van der Waals surface area contributed by atoms with Crippen LogP contribution in [0, 0.1) is 0 Å². The summed E-state index contributed by atoms with van der Waals surface area (Å²) in [6.07, 6.45) is 7.04. The minimum atomic E-state index is -0.00802. The maximum atomic E-state index is 12.5. The topological polar surface area (TPSA) is 60.0 Å². The van der Waals surface area contributed by atoms with E-state index >= 15 is 0 Å². The Hall–Kier alpha value is -1.95. The van der Waals surface area contributed by atoms with Gasteiger partial charge in [0.05, 0.1) is 38.4 Å². The first-order valence-corrected chi connectivity index (χ1v) is 9.66. The molecule has 2 saturated heterocycles. The Bertz CT molecular complexity index is 638. The molecule has 1 N–H and O–H groups in total. The molecule has 6 heteroatoms. The van der Waals surface area contributed by atoms with Crippen LogP contribution in [0.4, 0.5) is 4.79 Å². The second-order valence-corrected chi connectivity index (χ2v) is 7.70. The fourth-order valence-electron chi connectivity index (χ4n) is 4.32. The fraction of sp³-hybridized carbons (Fsp3) is 0.650. The lowest BCUT2D eigenvalue weighted by Crippen LogP contribution is -2.60. The predicted molar refractivity (Wildman–Crippen MR) is 97.7 cm³/mol. The molecule has 0 bridgehead atoms. The number of carbonyl (C=O) groups is 1. The molecule has 3 aliphatic rings. The maximum Gasteiger partial charge on any atom is 0.317 e.